The summed E-state index contributed by atoms with van der Waals surface area (Å²) in [5, 5.41) is 2.13. The summed E-state index contributed by atoms with van der Waals surface area (Å²) in [5.74, 6) is 6.48. The molecule has 2 rings (SSSR count). The largest absolute Gasteiger partial charge is 0.271 e. The van der Waals surface area contributed by atoms with Gasteiger partial charge in [-0.1, -0.05) is 12.8 Å². The maximum Gasteiger partial charge on any atom is 0.0285 e. The molecule has 0 radical (unpaired) electrons. The van der Waals surface area contributed by atoms with Gasteiger partial charge in [-0.2, -0.15) is 0 Å². The Hall–Kier alpha value is 0.1000. The number of hydrogen-bond donors (Lipinski definition) is 2. The number of nitrogens with two attached hydrogens (primary N) is 1. The van der Waals surface area contributed by atoms with E-state index in [1.807, 2.05) is 0 Å². The molecule has 1 aliphatic rings. The average molecular weight is 275 g/mol. The number of hydrazine groups is 1. The van der Waals surface area contributed by atoms with E-state index in [1.165, 1.54) is 28.6 Å². The predicted octanol–water partition coefficient (Wildman–Crippen LogP) is 2.69. The zero-order chi connectivity index (χ0) is 9.97. The van der Waals surface area contributed by atoms with E-state index >= 15 is 0 Å². The van der Waals surface area contributed by atoms with Gasteiger partial charge in [-0.3, -0.25) is 11.3 Å². The number of rotatable bonds is 5. The Balaban J connectivity index is 1.86. The molecule has 1 heterocycles. The topological polar surface area (TPSA) is 38.0 Å². The third-order valence-electron chi connectivity index (χ3n) is 2.62. The van der Waals surface area contributed by atoms with Gasteiger partial charge in [-0.25, -0.2) is 0 Å². The van der Waals surface area contributed by atoms with Gasteiger partial charge in [0.1, 0.15) is 0 Å². The molecule has 1 aromatic rings. The first-order valence-electron chi connectivity index (χ1n) is 4.97. The molecule has 0 aliphatic heterocycles. The van der Waals surface area contributed by atoms with E-state index < -0.39 is 0 Å². The lowest BCUT2D eigenvalue weighted by atomic mass is 10.1. The van der Waals surface area contributed by atoms with Gasteiger partial charge in [0.2, 0.25) is 0 Å². The van der Waals surface area contributed by atoms with Crippen molar-refractivity contribution in [1.82, 2.24) is 5.43 Å². The molecular weight excluding hydrogens is 260 g/mol. The highest BCUT2D eigenvalue weighted by atomic mass is 79.9. The van der Waals surface area contributed by atoms with Crippen molar-refractivity contribution in [2.75, 3.05) is 0 Å². The lowest BCUT2D eigenvalue weighted by Gasteiger charge is -2.13. The average Bonchev–Trinajstić information content (AvgIpc) is 2.89. The van der Waals surface area contributed by atoms with E-state index in [9.17, 15) is 0 Å². The summed E-state index contributed by atoms with van der Waals surface area (Å²) in [5.41, 5.74) is 2.92. The van der Waals surface area contributed by atoms with Gasteiger partial charge in [-0.15, -0.1) is 11.3 Å². The Morgan fingerprint density at radius 2 is 2.43 bits per heavy atom. The van der Waals surface area contributed by atoms with E-state index in [0.717, 1.165) is 12.3 Å². The number of hydrogen-bond acceptors (Lipinski definition) is 3. The van der Waals surface area contributed by atoms with Crippen LogP contribution < -0.4 is 11.3 Å². The van der Waals surface area contributed by atoms with E-state index in [-0.39, 0.29) is 0 Å². The lowest BCUT2D eigenvalue weighted by Crippen LogP contribution is -2.36. The van der Waals surface area contributed by atoms with Gasteiger partial charge in [0.05, 0.1) is 0 Å². The molecule has 4 heteroatoms. The minimum absolute atomic E-state index is 0.452. The maximum atomic E-state index is 5.55. The fraction of sp³-hybridized carbons (Fsp3) is 0.600. The highest BCUT2D eigenvalue weighted by molar-refractivity contribution is 9.10. The van der Waals surface area contributed by atoms with Crippen molar-refractivity contribution >= 4 is 27.3 Å². The van der Waals surface area contributed by atoms with Crippen LogP contribution in [0.25, 0.3) is 0 Å². The molecule has 1 unspecified atom stereocenters. The summed E-state index contributed by atoms with van der Waals surface area (Å²) >= 11 is 5.26. The van der Waals surface area contributed by atoms with Gasteiger partial charge in [-0.05, 0) is 40.8 Å². The Bertz CT molecular complexity index is 296. The van der Waals surface area contributed by atoms with Crippen LogP contribution in [0.1, 0.15) is 24.1 Å². The van der Waals surface area contributed by atoms with E-state index in [0.29, 0.717) is 6.04 Å². The van der Waals surface area contributed by atoms with Crippen molar-refractivity contribution in [3.05, 3.63) is 20.8 Å². The molecule has 78 valence electrons. The predicted molar refractivity (Wildman–Crippen MR) is 64.2 cm³/mol. The Morgan fingerprint density at radius 1 is 1.64 bits per heavy atom. The zero-order valence-corrected chi connectivity index (χ0v) is 10.4. The van der Waals surface area contributed by atoms with E-state index in [4.69, 9.17) is 5.84 Å². The first kappa shape index (κ1) is 10.6. The second kappa shape index (κ2) is 4.75. The smallest absolute Gasteiger partial charge is 0.0285 e. The number of halogens is 1. The molecule has 3 N–H and O–H groups in total. The molecule has 0 aromatic carbocycles. The van der Waals surface area contributed by atoms with Gasteiger partial charge in [0.25, 0.3) is 0 Å². The van der Waals surface area contributed by atoms with Crippen LogP contribution >= 0.6 is 27.3 Å². The third-order valence-corrected chi connectivity index (χ3v) is 4.34. The maximum absolute atomic E-state index is 5.55. The summed E-state index contributed by atoms with van der Waals surface area (Å²) in [6, 6.07) is 2.63. The molecule has 1 aromatic heterocycles. The second-order valence-electron chi connectivity index (χ2n) is 3.98. The second-order valence-corrected chi connectivity index (χ2v) is 5.89. The molecule has 14 heavy (non-hydrogen) atoms. The Labute approximate surface area is 97.0 Å². The molecular formula is C10H15BrN2S. The minimum Gasteiger partial charge on any atom is -0.271 e. The standard InChI is InChI=1S/C10H15BrN2S/c11-8-4-10(14-6-8)5-9(13-12)3-7-1-2-7/h4,6-7,9,13H,1-3,5,12H2. The molecule has 0 bridgehead atoms. The first-order valence-corrected chi connectivity index (χ1v) is 6.64. The Kier molecular flexibility index (Phi) is 3.60. The normalized spacial score (nSPS) is 18.4. The quantitative estimate of drug-likeness (QED) is 0.640. The van der Waals surface area contributed by atoms with Crippen molar-refractivity contribution in [3.8, 4) is 0 Å². The van der Waals surface area contributed by atoms with Crippen LogP contribution in [0.15, 0.2) is 15.9 Å². The summed E-state index contributed by atoms with van der Waals surface area (Å²) in [7, 11) is 0. The fourth-order valence-corrected chi connectivity index (χ4v) is 3.20. The Morgan fingerprint density at radius 3 is 2.93 bits per heavy atom. The van der Waals surface area contributed by atoms with Crippen molar-refractivity contribution in [1.29, 1.82) is 0 Å². The summed E-state index contributed by atoms with van der Waals surface area (Å²) < 4.78 is 1.18. The van der Waals surface area contributed by atoms with E-state index in [2.05, 4.69) is 32.8 Å². The third kappa shape index (κ3) is 3.05. The molecule has 1 saturated carbocycles. The molecule has 0 saturated heterocycles. The SMILES string of the molecule is NNC(Cc1cc(Br)cs1)CC1CC1. The zero-order valence-electron chi connectivity index (χ0n) is 8.00. The monoisotopic (exact) mass is 274 g/mol. The molecule has 0 spiro atoms. The van der Waals surface area contributed by atoms with Gasteiger partial charge in [0.15, 0.2) is 0 Å². The van der Waals surface area contributed by atoms with Crippen LogP contribution in [0.2, 0.25) is 0 Å². The van der Waals surface area contributed by atoms with Crippen LogP contribution in [-0.4, -0.2) is 6.04 Å². The first-order chi connectivity index (χ1) is 6.78. The fourth-order valence-electron chi connectivity index (χ4n) is 1.67. The highest BCUT2D eigenvalue weighted by Gasteiger charge is 2.25. The van der Waals surface area contributed by atoms with Crippen LogP contribution in [0.5, 0.6) is 0 Å². The highest BCUT2D eigenvalue weighted by Crippen LogP contribution is 2.34. The molecule has 0 amide bonds. The van der Waals surface area contributed by atoms with Crippen LogP contribution in [-0.2, 0) is 6.42 Å². The molecule has 1 atom stereocenters. The van der Waals surface area contributed by atoms with Gasteiger partial charge in [0, 0.05) is 20.8 Å². The van der Waals surface area contributed by atoms with Crippen LogP contribution in [0.4, 0.5) is 0 Å². The van der Waals surface area contributed by atoms with Gasteiger partial charge < -0.3 is 0 Å². The molecule has 1 fully saturated rings. The van der Waals surface area contributed by atoms with Crippen molar-refractivity contribution in [2.45, 2.75) is 31.7 Å². The van der Waals surface area contributed by atoms with Gasteiger partial charge >= 0.3 is 0 Å². The summed E-state index contributed by atoms with van der Waals surface area (Å²) in [4.78, 5) is 1.40. The van der Waals surface area contributed by atoms with Crippen molar-refractivity contribution < 1.29 is 0 Å². The summed E-state index contributed by atoms with van der Waals surface area (Å²) in [6.07, 6.45) is 5.08. The van der Waals surface area contributed by atoms with Crippen molar-refractivity contribution in [2.24, 2.45) is 11.8 Å². The van der Waals surface area contributed by atoms with Crippen molar-refractivity contribution in [3.63, 3.8) is 0 Å². The molecule has 1 aliphatic carbocycles. The molecule has 2 nitrogen and oxygen atoms in total. The van der Waals surface area contributed by atoms with Crippen LogP contribution in [0, 0.1) is 5.92 Å². The summed E-state index contributed by atoms with van der Waals surface area (Å²) in [6.45, 7) is 0. The number of nitrogens with one attached hydrogen (secondary N) is 1. The van der Waals surface area contributed by atoms with Crippen LogP contribution in [0.3, 0.4) is 0 Å². The number of thiophene rings is 1. The minimum atomic E-state index is 0.452. The lowest BCUT2D eigenvalue weighted by molar-refractivity contribution is 0.468. The van der Waals surface area contributed by atoms with E-state index in [1.54, 1.807) is 11.3 Å².